The molecule has 1 aliphatic rings. The van der Waals surface area contributed by atoms with Crippen molar-refractivity contribution in [3.05, 3.63) is 58.3 Å². The van der Waals surface area contributed by atoms with Crippen LogP contribution in [-0.2, 0) is 22.3 Å². The molecule has 6 nitrogen and oxygen atoms in total. The van der Waals surface area contributed by atoms with E-state index in [-0.39, 0.29) is 36.0 Å². The highest BCUT2D eigenvalue weighted by molar-refractivity contribution is 6.31. The van der Waals surface area contributed by atoms with E-state index in [1.807, 2.05) is 0 Å². The second-order valence-electron chi connectivity index (χ2n) is 6.51. The molecule has 1 atom stereocenters. The summed E-state index contributed by atoms with van der Waals surface area (Å²) in [5, 5.41) is 4.96. The molecule has 156 valence electrons. The van der Waals surface area contributed by atoms with Crippen LogP contribution in [0.4, 0.5) is 28.9 Å². The van der Waals surface area contributed by atoms with Crippen LogP contribution in [0.3, 0.4) is 0 Å². The lowest BCUT2D eigenvalue weighted by Crippen LogP contribution is -2.44. The van der Waals surface area contributed by atoms with Crippen LogP contribution in [-0.4, -0.2) is 29.6 Å². The molecule has 0 saturated carbocycles. The molecule has 3 rings (SSSR count). The maximum absolute atomic E-state index is 13.9. The van der Waals surface area contributed by atoms with Gasteiger partial charge in [0.2, 0.25) is 5.91 Å². The van der Waals surface area contributed by atoms with Crippen LogP contribution >= 0.6 is 11.6 Å². The van der Waals surface area contributed by atoms with Gasteiger partial charge < -0.3 is 21.1 Å². The Labute approximate surface area is 168 Å². The number of carbonyl (C=O) groups excluding carboxylic acids is 1. The Kier molecular flexibility index (Phi) is 5.97. The number of rotatable bonds is 5. The molecular weight excluding hydrogens is 416 g/mol. The molecule has 3 N–H and O–H groups in total. The van der Waals surface area contributed by atoms with Crippen LogP contribution in [0.2, 0.25) is 5.02 Å². The fourth-order valence-corrected chi connectivity index (χ4v) is 3.01. The summed E-state index contributed by atoms with van der Waals surface area (Å²) < 4.78 is 58.3. The van der Waals surface area contributed by atoms with Crippen LogP contribution < -0.4 is 10.6 Å². The minimum Gasteiger partial charge on any atom is -0.662 e. The van der Waals surface area contributed by atoms with E-state index in [0.717, 1.165) is 18.2 Å². The standard InChI is InChI=1S/C18H16ClF4N4O2/c19-12-6-10(27-15-11(18(21,22)23)2-1-3-13(15)20)7-25-14(12)8-26-16(28)17(24)4-5-29-9-17/h1-3,6-7,24,27H,4-5,8-9H2,(H,26,28)/q-1. The van der Waals surface area contributed by atoms with Gasteiger partial charge in [0.15, 0.2) is 0 Å². The van der Waals surface area contributed by atoms with Crippen LogP contribution in [0.25, 0.3) is 5.73 Å². The van der Waals surface area contributed by atoms with Gasteiger partial charge in [-0.25, -0.2) is 4.39 Å². The molecule has 1 aliphatic heterocycles. The number of benzene rings is 1. The fraction of sp³-hybridized carbons (Fsp3) is 0.333. The summed E-state index contributed by atoms with van der Waals surface area (Å²) in [6.45, 7) is 0.241. The van der Waals surface area contributed by atoms with E-state index in [1.54, 1.807) is 0 Å². The quantitative estimate of drug-likeness (QED) is 0.684. The summed E-state index contributed by atoms with van der Waals surface area (Å²) in [4.78, 5) is 16.1. The van der Waals surface area contributed by atoms with E-state index in [0.29, 0.717) is 6.61 Å². The van der Waals surface area contributed by atoms with E-state index in [9.17, 15) is 22.4 Å². The zero-order valence-corrected chi connectivity index (χ0v) is 15.6. The maximum Gasteiger partial charge on any atom is 0.418 e. The molecule has 1 saturated heterocycles. The molecule has 11 heteroatoms. The van der Waals surface area contributed by atoms with Gasteiger partial charge in [0, 0.05) is 13.2 Å². The Hall–Kier alpha value is -2.43. The highest BCUT2D eigenvalue weighted by atomic mass is 35.5. The summed E-state index contributed by atoms with van der Waals surface area (Å²) in [6, 6.07) is 3.90. The number of hydrogen-bond donors (Lipinski definition) is 2. The summed E-state index contributed by atoms with van der Waals surface area (Å²) >= 11 is 6.10. The van der Waals surface area contributed by atoms with E-state index in [1.165, 1.54) is 12.3 Å². The van der Waals surface area contributed by atoms with E-state index < -0.39 is 34.7 Å². The Morgan fingerprint density at radius 3 is 2.76 bits per heavy atom. The Morgan fingerprint density at radius 2 is 2.14 bits per heavy atom. The average Bonchev–Trinajstić information content (AvgIpc) is 3.09. The van der Waals surface area contributed by atoms with Gasteiger partial charge in [-0.1, -0.05) is 17.7 Å². The number of alkyl halides is 3. The minimum atomic E-state index is -4.75. The fourth-order valence-electron chi connectivity index (χ4n) is 2.77. The van der Waals surface area contributed by atoms with Crippen molar-refractivity contribution in [1.82, 2.24) is 10.3 Å². The number of aromatic nitrogens is 1. The van der Waals surface area contributed by atoms with Crippen molar-refractivity contribution in [2.75, 3.05) is 18.5 Å². The van der Waals surface area contributed by atoms with Crippen molar-refractivity contribution in [2.45, 2.75) is 24.7 Å². The van der Waals surface area contributed by atoms with Gasteiger partial charge in [-0.2, -0.15) is 13.2 Å². The number of halogens is 5. The summed E-state index contributed by atoms with van der Waals surface area (Å²) in [7, 11) is 0. The number of para-hydroxylation sites is 1. The zero-order valence-electron chi connectivity index (χ0n) is 14.9. The molecular formula is C18H16ClF4N4O2-. The SMILES string of the molecule is [NH-]C1(C(=O)NCc2ncc(Nc3c(F)cccc3C(F)(F)F)cc2Cl)CCOC1. The van der Waals surface area contributed by atoms with E-state index >= 15 is 0 Å². The zero-order chi connectivity index (χ0) is 21.2. The van der Waals surface area contributed by atoms with Crippen molar-refractivity contribution in [1.29, 1.82) is 0 Å². The number of nitrogens with zero attached hydrogens (tertiary/aromatic N) is 1. The lowest BCUT2D eigenvalue weighted by atomic mass is 9.99. The monoisotopic (exact) mass is 431 g/mol. The lowest BCUT2D eigenvalue weighted by Gasteiger charge is -2.30. The highest BCUT2D eigenvalue weighted by Crippen LogP contribution is 2.37. The highest BCUT2D eigenvalue weighted by Gasteiger charge is 2.35. The molecule has 0 spiro atoms. The molecule has 1 amide bonds. The first-order chi connectivity index (χ1) is 13.6. The molecule has 1 aromatic carbocycles. The summed E-state index contributed by atoms with van der Waals surface area (Å²) in [5.41, 5.74) is 5.05. The van der Waals surface area contributed by atoms with Gasteiger partial charge in [0.05, 0.1) is 40.4 Å². The van der Waals surface area contributed by atoms with Crippen molar-refractivity contribution in [3.63, 3.8) is 0 Å². The van der Waals surface area contributed by atoms with E-state index in [2.05, 4.69) is 15.6 Å². The number of anilines is 2. The second kappa shape index (κ2) is 8.13. The van der Waals surface area contributed by atoms with Crippen LogP contribution in [0.1, 0.15) is 17.7 Å². The second-order valence-corrected chi connectivity index (χ2v) is 6.91. The molecule has 1 unspecified atom stereocenters. The topological polar surface area (TPSA) is 87.1 Å². The van der Waals surface area contributed by atoms with Gasteiger partial charge in [-0.15, -0.1) is 0 Å². The number of hydrogen-bond acceptors (Lipinski definition) is 4. The molecule has 1 aromatic heterocycles. The third-order valence-electron chi connectivity index (χ3n) is 4.38. The normalized spacial score (nSPS) is 19.2. The smallest absolute Gasteiger partial charge is 0.418 e. The van der Waals surface area contributed by atoms with Crippen molar-refractivity contribution < 1.29 is 27.1 Å². The van der Waals surface area contributed by atoms with Crippen molar-refractivity contribution >= 4 is 28.9 Å². The lowest BCUT2D eigenvalue weighted by molar-refractivity contribution is -0.137. The Balaban J connectivity index is 1.73. The van der Waals surface area contributed by atoms with E-state index in [4.69, 9.17) is 22.1 Å². The third-order valence-corrected chi connectivity index (χ3v) is 4.71. The number of ether oxygens (including phenoxy) is 1. The van der Waals surface area contributed by atoms with Gasteiger partial charge in [0.25, 0.3) is 0 Å². The van der Waals surface area contributed by atoms with Crippen LogP contribution in [0, 0.1) is 5.82 Å². The third kappa shape index (κ3) is 4.77. The van der Waals surface area contributed by atoms with Crippen LogP contribution in [0.15, 0.2) is 30.5 Å². The van der Waals surface area contributed by atoms with Crippen molar-refractivity contribution in [2.24, 2.45) is 0 Å². The predicted molar refractivity (Wildman–Crippen MR) is 98.3 cm³/mol. The predicted octanol–water partition coefficient (Wildman–Crippen LogP) is 4.46. The number of nitrogens with one attached hydrogen (secondary N) is 3. The summed E-state index contributed by atoms with van der Waals surface area (Å²) in [5.74, 6) is -1.61. The molecule has 1 fully saturated rings. The number of pyridine rings is 1. The first kappa shape index (κ1) is 21.3. The largest absolute Gasteiger partial charge is 0.662 e. The molecule has 0 radical (unpaired) electrons. The number of carbonyl (C=O) groups is 1. The average molecular weight is 432 g/mol. The van der Waals surface area contributed by atoms with Gasteiger partial charge in [0.1, 0.15) is 5.82 Å². The summed E-state index contributed by atoms with van der Waals surface area (Å²) in [6.07, 6.45) is -3.30. The first-order valence-corrected chi connectivity index (χ1v) is 8.86. The molecule has 2 aromatic rings. The molecule has 29 heavy (non-hydrogen) atoms. The van der Waals surface area contributed by atoms with Crippen LogP contribution in [0.5, 0.6) is 0 Å². The molecule has 0 aliphatic carbocycles. The molecule has 2 heterocycles. The van der Waals surface area contributed by atoms with Gasteiger partial charge >= 0.3 is 6.18 Å². The number of amides is 1. The maximum atomic E-state index is 13.9. The Bertz CT molecular complexity index is 917. The molecule has 0 bridgehead atoms. The van der Waals surface area contributed by atoms with Gasteiger partial charge in [-0.05, 0) is 30.2 Å². The Morgan fingerprint density at radius 1 is 1.38 bits per heavy atom. The van der Waals surface area contributed by atoms with Crippen molar-refractivity contribution in [3.8, 4) is 0 Å². The van der Waals surface area contributed by atoms with Gasteiger partial charge in [-0.3, -0.25) is 9.78 Å². The first-order valence-electron chi connectivity index (χ1n) is 8.48. The minimum absolute atomic E-state index is 0.00691.